The maximum Gasteiger partial charge on any atom is -0.0156 e. The second kappa shape index (κ2) is 5.39. The molecule has 0 radical (unpaired) electrons. The van der Waals surface area contributed by atoms with Crippen LogP contribution in [0.5, 0.6) is 0 Å². The van der Waals surface area contributed by atoms with Crippen molar-refractivity contribution in [2.45, 2.75) is 38.5 Å². The average Bonchev–Trinajstić information content (AvgIpc) is 2.49. The largest absolute Gasteiger partial charge is 0.0842 e. The van der Waals surface area contributed by atoms with Crippen LogP contribution in [0.1, 0.15) is 38.5 Å². The normalized spacial score (nSPS) is 23.1. The topological polar surface area (TPSA) is 0 Å². The van der Waals surface area contributed by atoms with Crippen molar-refractivity contribution in [1.82, 2.24) is 0 Å². The third kappa shape index (κ3) is 2.33. The van der Waals surface area contributed by atoms with E-state index < -0.39 is 0 Å². The van der Waals surface area contributed by atoms with Crippen molar-refractivity contribution in [3.8, 4) is 0 Å². The molecule has 0 aromatic heterocycles. The smallest absolute Gasteiger partial charge is 0.0156 e. The minimum atomic E-state index is 1.19. The molecule has 0 unspecified atom stereocenters. The van der Waals surface area contributed by atoms with E-state index in [1.807, 2.05) is 0 Å². The highest BCUT2D eigenvalue weighted by Gasteiger charge is 2.15. The summed E-state index contributed by atoms with van der Waals surface area (Å²) in [6, 6.07) is 0. The predicted octanol–water partition coefficient (Wildman–Crippen LogP) is 5.19. The molecule has 0 heteroatoms. The predicted molar refractivity (Wildman–Crippen MR) is 78.3 cm³/mol. The van der Waals surface area contributed by atoms with E-state index in [-0.39, 0.29) is 0 Å². The molecule has 3 rings (SSSR count). The lowest BCUT2D eigenvalue weighted by atomic mass is 9.83. The monoisotopic (exact) mass is 236 g/mol. The van der Waals surface area contributed by atoms with Gasteiger partial charge < -0.3 is 0 Å². The van der Waals surface area contributed by atoms with Crippen LogP contribution in [0.4, 0.5) is 0 Å². The highest BCUT2D eigenvalue weighted by molar-refractivity contribution is 5.57. The fourth-order valence-corrected chi connectivity index (χ4v) is 2.94. The van der Waals surface area contributed by atoms with Gasteiger partial charge >= 0.3 is 0 Å². The Hall–Kier alpha value is -1.56. The molecule has 92 valence electrons. The van der Waals surface area contributed by atoms with Crippen LogP contribution < -0.4 is 0 Å². The van der Waals surface area contributed by atoms with E-state index in [4.69, 9.17) is 0 Å². The van der Waals surface area contributed by atoms with Gasteiger partial charge in [0.1, 0.15) is 0 Å². The highest BCUT2D eigenvalue weighted by atomic mass is 14.2. The Morgan fingerprint density at radius 3 is 2.44 bits per heavy atom. The van der Waals surface area contributed by atoms with Crippen LogP contribution in [-0.2, 0) is 0 Å². The first-order valence-electron chi connectivity index (χ1n) is 7.08. The Balaban J connectivity index is 2.00. The molecule has 0 aromatic carbocycles. The Kier molecular flexibility index (Phi) is 3.45. The molecule has 0 heterocycles. The molecule has 0 aromatic rings. The Morgan fingerprint density at radius 2 is 1.67 bits per heavy atom. The number of allylic oxidation sites excluding steroid dienone is 12. The Labute approximate surface area is 110 Å². The van der Waals surface area contributed by atoms with Crippen LogP contribution in [0, 0.1) is 0 Å². The number of hydrogen-bond acceptors (Lipinski definition) is 0. The molecule has 0 N–H and O–H groups in total. The molecule has 0 saturated heterocycles. The maximum atomic E-state index is 2.39. The molecule has 18 heavy (non-hydrogen) atoms. The van der Waals surface area contributed by atoms with Gasteiger partial charge in [-0.1, -0.05) is 48.6 Å². The van der Waals surface area contributed by atoms with Crippen molar-refractivity contribution in [3.05, 3.63) is 70.9 Å². The summed E-state index contributed by atoms with van der Waals surface area (Å²) in [5.74, 6) is 0. The van der Waals surface area contributed by atoms with Gasteiger partial charge in [0.25, 0.3) is 0 Å². The molecule has 0 saturated carbocycles. The molecule has 0 nitrogen and oxygen atoms in total. The fourth-order valence-electron chi connectivity index (χ4n) is 2.94. The lowest BCUT2D eigenvalue weighted by Gasteiger charge is -2.21. The van der Waals surface area contributed by atoms with Crippen LogP contribution in [0.15, 0.2) is 70.9 Å². The van der Waals surface area contributed by atoms with Gasteiger partial charge in [0.2, 0.25) is 0 Å². The molecule has 0 bridgehead atoms. The van der Waals surface area contributed by atoms with Gasteiger partial charge in [-0.15, -0.1) is 0 Å². The summed E-state index contributed by atoms with van der Waals surface area (Å²) in [5.41, 5.74) is 6.04. The average molecular weight is 236 g/mol. The van der Waals surface area contributed by atoms with E-state index in [9.17, 15) is 0 Å². The van der Waals surface area contributed by atoms with Crippen LogP contribution >= 0.6 is 0 Å². The lowest BCUT2D eigenvalue weighted by Crippen LogP contribution is -2.02. The molecular formula is C18H20. The van der Waals surface area contributed by atoms with Gasteiger partial charge in [-0.3, -0.25) is 0 Å². The van der Waals surface area contributed by atoms with E-state index >= 15 is 0 Å². The van der Waals surface area contributed by atoms with Crippen LogP contribution in [-0.4, -0.2) is 0 Å². The first-order valence-corrected chi connectivity index (χ1v) is 7.08. The molecule has 0 fully saturated rings. The molecule has 0 atom stereocenters. The maximum absolute atomic E-state index is 2.39. The zero-order valence-electron chi connectivity index (χ0n) is 10.9. The second-order valence-corrected chi connectivity index (χ2v) is 5.13. The zero-order valence-corrected chi connectivity index (χ0v) is 10.9. The number of rotatable bonds is 2. The molecule has 0 spiro atoms. The van der Waals surface area contributed by atoms with Crippen molar-refractivity contribution in [3.63, 3.8) is 0 Å². The van der Waals surface area contributed by atoms with Gasteiger partial charge in [0.15, 0.2) is 0 Å². The molecule has 0 aliphatic heterocycles. The van der Waals surface area contributed by atoms with Crippen LogP contribution in [0.2, 0.25) is 0 Å². The van der Waals surface area contributed by atoms with Crippen molar-refractivity contribution < 1.29 is 0 Å². The Morgan fingerprint density at radius 1 is 0.778 bits per heavy atom. The van der Waals surface area contributed by atoms with Gasteiger partial charge in [-0.25, -0.2) is 0 Å². The first kappa shape index (κ1) is 11.5. The molecule has 3 aliphatic rings. The van der Waals surface area contributed by atoms with Crippen LogP contribution in [0.3, 0.4) is 0 Å². The second-order valence-electron chi connectivity index (χ2n) is 5.13. The summed E-state index contributed by atoms with van der Waals surface area (Å²) < 4.78 is 0. The zero-order chi connectivity index (χ0) is 12.2. The summed E-state index contributed by atoms with van der Waals surface area (Å²) >= 11 is 0. The third-order valence-electron chi connectivity index (χ3n) is 3.88. The number of hydrogen-bond donors (Lipinski definition) is 0. The van der Waals surface area contributed by atoms with Gasteiger partial charge in [-0.05, 0) is 60.8 Å². The minimum absolute atomic E-state index is 1.19. The molecular weight excluding hydrogens is 216 g/mol. The molecule has 0 amide bonds. The quantitative estimate of drug-likeness (QED) is 0.619. The van der Waals surface area contributed by atoms with E-state index in [0.29, 0.717) is 0 Å². The van der Waals surface area contributed by atoms with Crippen LogP contribution in [0.25, 0.3) is 0 Å². The summed E-state index contributed by atoms with van der Waals surface area (Å²) in [7, 11) is 0. The first-order chi connectivity index (χ1) is 8.95. The van der Waals surface area contributed by atoms with Crippen molar-refractivity contribution >= 4 is 0 Å². The van der Waals surface area contributed by atoms with Crippen molar-refractivity contribution in [1.29, 1.82) is 0 Å². The summed E-state index contributed by atoms with van der Waals surface area (Å²) in [6.45, 7) is 0. The SMILES string of the molecule is C1=CCCC(C2=C(C3=CCCC=C3)C=CCC2)=C1. The van der Waals surface area contributed by atoms with Gasteiger partial charge in [0.05, 0.1) is 0 Å². The van der Waals surface area contributed by atoms with E-state index in [1.165, 1.54) is 49.7 Å². The van der Waals surface area contributed by atoms with Gasteiger partial charge in [-0.2, -0.15) is 0 Å². The summed E-state index contributed by atoms with van der Waals surface area (Å²) in [5, 5.41) is 0. The molecule has 3 aliphatic carbocycles. The third-order valence-corrected chi connectivity index (χ3v) is 3.88. The van der Waals surface area contributed by atoms with E-state index in [1.54, 1.807) is 11.1 Å². The standard InChI is InChI=1S/C18H20/c1-3-9-15(10-4-1)17-13-7-8-14-18(17)16-11-5-2-6-12-16/h1,3,5,8-9,11-12,14H,2,4,6-7,10,13H2. The summed E-state index contributed by atoms with van der Waals surface area (Å²) in [6.07, 6.45) is 25.6. The van der Waals surface area contributed by atoms with E-state index in [0.717, 1.165) is 0 Å². The van der Waals surface area contributed by atoms with E-state index in [2.05, 4.69) is 48.6 Å². The van der Waals surface area contributed by atoms with Gasteiger partial charge in [0, 0.05) is 0 Å². The summed E-state index contributed by atoms with van der Waals surface area (Å²) in [4.78, 5) is 0. The Bertz CT molecular complexity index is 504. The highest BCUT2D eigenvalue weighted by Crippen LogP contribution is 2.34. The minimum Gasteiger partial charge on any atom is -0.0842 e. The fraction of sp³-hybridized carbons (Fsp3) is 0.333. The van der Waals surface area contributed by atoms with Crippen molar-refractivity contribution in [2.75, 3.05) is 0 Å². The van der Waals surface area contributed by atoms with Crippen molar-refractivity contribution in [2.24, 2.45) is 0 Å². The lowest BCUT2D eigenvalue weighted by molar-refractivity contribution is 0.885.